The molecule has 0 aromatic rings. The average molecular weight is 252 g/mol. The fourth-order valence-electron chi connectivity index (χ4n) is 2.35. The van der Waals surface area contributed by atoms with E-state index in [1.165, 1.54) is 0 Å². The van der Waals surface area contributed by atoms with Gasteiger partial charge in [0.05, 0.1) is 6.07 Å². The van der Waals surface area contributed by atoms with E-state index in [9.17, 15) is 4.79 Å². The Kier molecular flexibility index (Phi) is 5.01. The largest absolute Gasteiger partial charge is 0.444 e. The number of hydrogen-bond donors (Lipinski definition) is 0. The van der Waals surface area contributed by atoms with Gasteiger partial charge in [0.2, 0.25) is 0 Å². The van der Waals surface area contributed by atoms with Crippen LogP contribution in [0.1, 0.15) is 52.9 Å². The zero-order valence-corrected chi connectivity index (χ0v) is 11.9. The summed E-state index contributed by atoms with van der Waals surface area (Å²) < 4.78 is 5.36. The Labute approximate surface area is 110 Å². The maximum atomic E-state index is 11.9. The van der Waals surface area contributed by atoms with Gasteiger partial charge in [0.25, 0.3) is 0 Å². The Morgan fingerprint density at radius 3 is 2.33 bits per heavy atom. The highest BCUT2D eigenvalue weighted by Crippen LogP contribution is 2.29. The van der Waals surface area contributed by atoms with E-state index in [1.54, 1.807) is 4.90 Å². The summed E-state index contributed by atoms with van der Waals surface area (Å²) in [5.74, 6) is 0.512. The number of rotatable bonds is 2. The van der Waals surface area contributed by atoms with Gasteiger partial charge in [0.1, 0.15) is 5.60 Å². The van der Waals surface area contributed by atoms with Crippen LogP contribution in [-0.2, 0) is 4.74 Å². The molecule has 1 saturated carbocycles. The molecule has 1 amide bonds. The molecule has 4 nitrogen and oxygen atoms in total. The summed E-state index contributed by atoms with van der Waals surface area (Å²) in [5, 5.41) is 8.67. The van der Waals surface area contributed by atoms with E-state index >= 15 is 0 Å². The predicted molar refractivity (Wildman–Crippen MR) is 70.0 cm³/mol. The number of hydrogen-bond acceptors (Lipinski definition) is 3. The van der Waals surface area contributed by atoms with Gasteiger partial charge < -0.3 is 9.64 Å². The molecule has 0 heterocycles. The molecule has 0 aliphatic heterocycles. The molecule has 1 rings (SSSR count). The van der Waals surface area contributed by atoms with Crippen LogP contribution in [0.5, 0.6) is 0 Å². The summed E-state index contributed by atoms with van der Waals surface area (Å²) in [4.78, 5) is 13.6. The molecule has 0 saturated heterocycles. The summed E-state index contributed by atoms with van der Waals surface area (Å²) in [7, 11) is 1.81. The molecule has 1 fully saturated rings. The van der Waals surface area contributed by atoms with Gasteiger partial charge in [-0.3, -0.25) is 0 Å². The topological polar surface area (TPSA) is 53.3 Å². The number of nitriles is 1. The highest BCUT2D eigenvalue weighted by atomic mass is 16.6. The summed E-state index contributed by atoms with van der Waals surface area (Å²) >= 11 is 0. The minimum Gasteiger partial charge on any atom is -0.444 e. The highest BCUT2D eigenvalue weighted by molar-refractivity contribution is 5.68. The Hall–Kier alpha value is -1.24. The molecule has 0 N–H and O–H groups in total. The van der Waals surface area contributed by atoms with E-state index in [2.05, 4.69) is 6.07 Å². The number of carbonyl (C=O) groups is 1. The van der Waals surface area contributed by atoms with E-state index in [0.29, 0.717) is 12.3 Å². The van der Waals surface area contributed by atoms with Gasteiger partial charge in [-0.05, 0) is 52.4 Å². The van der Waals surface area contributed by atoms with Crippen molar-refractivity contribution in [3.63, 3.8) is 0 Å². The van der Waals surface area contributed by atoms with Crippen LogP contribution in [0.25, 0.3) is 0 Å². The van der Waals surface area contributed by atoms with Gasteiger partial charge in [-0.15, -0.1) is 0 Å². The molecule has 0 bridgehead atoms. The van der Waals surface area contributed by atoms with Gasteiger partial charge >= 0.3 is 6.09 Å². The van der Waals surface area contributed by atoms with Crippen molar-refractivity contribution in [3.05, 3.63) is 0 Å². The lowest BCUT2D eigenvalue weighted by molar-refractivity contribution is 0.0173. The molecule has 102 valence electrons. The van der Waals surface area contributed by atoms with E-state index < -0.39 is 5.60 Å². The minimum atomic E-state index is -0.441. The Balaban J connectivity index is 2.43. The first-order valence-corrected chi connectivity index (χ1v) is 6.66. The fourth-order valence-corrected chi connectivity index (χ4v) is 2.35. The second kappa shape index (κ2) is 6.08. The molecular formula is C14H24N2O2. The first-order valence-electron chi connectivity index (χ1n) is 6.66. The zero-order chi connectivity index (χ0) is 13.8. The third-order valence-corrected chi connectivity index (χ3v) is 3.43. The molecule has 0 unspecified atom stereocenters. The molecule has 0 aromatic carbocycles. The van der Waals surface area contributed by atoms with Crippen molar-refractivity contribution >= 4 is 6.09 Å². The normalized spacial score (nSPS) is 24.2. The van der Waals surface area contributed by atoms with Crippen molar-refractivity contribution in [3.8, 4) is 6.07 Å². The number of nitrogens with zero attached hydrogens (tertiary/aromatic N) is 2. The summed E-state index contributed by atoms with van der Waals surface area (Å²) in [6.45, 7) is 5.63. The lowest BCUT2D eigenvalue weighted by Crippen LogP contribution is -2.42. The van der Waals surface area contributed by atoms with Crippen LogP contribution in [0.3, 0.4) is 0 Å². The molecular weight excluding hydrogens is 228 g/mol. The summed E-state index contributed by atoms with van der Waals surface area (Å²) in [5.41, 5.74) is -0.441. The van der Waals surface area contributed by atoms with E-state index in [-0.39, 0.29) is 12.1 Å². The van der Waals surface area contributed by atoms with E-state index in [1.807, 2.05) is 27.8 Å². The van der Waals surface area contributed by atoms with Crippen molar-refractivity contribution in [1.29, 1.82) is 5.26 Å². The summed E-state index contributed by atoms with van der Waals surface area (Å²) in [6.07, 6.45) is 4.41. The van der Waals surface area contributed by atoms with Crippen molar-refractivity contribution in [2.45, 2.75) is 64.5 Å². The second-order valence-electron chi connectivity index (χ2n) is 6.13. The van der Waals surface area contributed by atoms with Crippen molar-refractivity contribution in [2.24, 2.45) is 5.92 Å². The number of amides is 1. The Morgan fingerprint density at radius 2 is 1.89 bits per heavy atom. The van der Waals surface area contributed by atoms with Gasteiger partial charge in [-0.2, -0.15) is 5.26 Å². The lowest BCUT2D eigenvalue weighted by atomic mass is 9.84. The van der Waals surface area contributed by atoms with Crippen molar-refractivity contribution < 1.29 is 9.53 Å². The van der Waals surface area contributed by atoms with Crippen LogP contribution in [-0.4, -0.2) is 29.7 Å². The summed E-state index contributed by atoms with van der Waals surface area (Å²) in [6, 6.07) is 2.49. The van der Waals surface area contributed by atoms with Gasteiger partial charge in [-0.25, -0.2) is 4.79 Å². The molecule has 0 aromatic heterocycles. The molecule has 18 heavy (non-hydrogen) atoms. The van der Waals surface area contributed by atoms with Crippen LogP contribution in [0.4, 0.5) is 4.79 Å². The van der Waals surface area contributed by atoms with Crippen LogP contribution in [0.15, 0.2) is 0 Å². The second-order valence-corrected chi connectivity index (χ2v) is 6.13. The zero-order valence-electron chi connectivity index (χ0n) is 11.9. The third-order valence-electron chi connectivity index (χ3n) is 3.43. The quantitative estimate of drug-likeness (QED) is 0.757. The minimum absolute atomic E-state index is 0.244. The van der Waals surface area contributed by atoms with Crippen molar-refractivity contribution in [2.75, 3.05) is 7.05 Å². The first kappa shape index (κ1) is 14.8. The average Bonchev–Trinajstić information content (AvgIpc) is 2.27. The predicted octanol–water partition coefficient (Wildman–Crippen LogP) is 3.33. The molecule has 1 aliphatic carbocycles. The van der Waals surface area contributed by atoms with Crippen LogP contribution in [0.2, 0.25) is 0 Å². The fraction of sp³-hybridized carbons (Fsp3) is 0.857. The van der Waals surface area contributed by atoms with Crippen molar-refractivity contribution in [1.82, 2.24) is 4.90 Å². The maximum Gasteiger partial charge on any atom is 0.410 e. The molecule has 4 heteroatoms. The standard InChI is InChI=1S/C14H24N2O2/c1-14(2,3)18-13(17)16(4)12-7-5-11(6-8-12)9-10-15/h11-12H,5-9H2,1-4H3/t11-,12-. The monoisotopic (exact) mass is 252 g/mol. The van der Waals surface area contributed by atoms with Crippen LogP contribution >= 0.6 is 0 Å². The Bertz CT molecular complexity index is 320. The van der Waals surface area contributed by atoms with Crippen LogP contribution in [0, 0.1) is 17.2 Å². The lowest BCUT2D eigenvalue weighted by Gasteiger charge is -2.35. The SMILES string of the molecule is CN(C(=O)OC(C)(C)C)[C@H]1CC[C@H](CC#N)CC1. The smallest absolute Gasteiger partial charge is 0.410 e. The van der Waals surface area contributed by atoms with Gasteiger partial charge in [-0.1, -0.05) is 0 Å². The van der Waals surface area contributed by atoms with E-state index in [4.69, 9.17) is 10.00 Å². The number of ether oxygens (including phenoxy) is 1. The molecule has 0 atom stereocenters. The van der Waals surface area contributed by atoms with Crippen LogP contribution < -0.4 is 0 Å². The molecule has 0 radical (unpaired) electrons. The van der Waals surface area contributed by atoms with E-state index in [0.717, 1.165) is 25.7 Å². The Morgan fingerprint density at radius 1 is 1.33 bits per heavy atom. The highest BCUT2D eigenvalue weighted by Gasteiger charge is 2.29. The van der Waals surface area contributed by atoms with Gasteiger partial charge in [0.15, 0.2) is 0 Å². The third kappa shape index (κ3) is 4.56. The molecule has 0 spiro atoms. The molecule has 1 aliphatic rings. The number of carbonyl (C=O) groups excluding carboxylic acids is 1. The maximum absolute atomic E-state index is 11.9. The first-order chi connectivity index (χ1) is 8.33. The van der Waals surface area contributed by atoms with Gasteiger partial charge in [0, 0.05) is 19.5 Å².